The van der Waals surface area contributed by atoms with E-state index in [0.717, 1.165) is 11.1 Å². The molecule has 0 amide bonds. The molecule has 0 aliphatic heterocycles. The molecule has 0 aliphatic rings. The molecule has 2 N–H and O–H groups in total. The first kappa shape index (κ1) is 12.4. The van der Waals surface area contributed by atoms with Crippen LogP contribution in [-0.4, -0.2) is 10.00 Å². The second-order valence-corrected chi connectivity index (χ2v) is 3.13. The van der Waals surface area contributed by atoms with Gasteiger partial charge in [0.05, 0.1) is 0 Å². The molecule has 0 bridgehead atoms. The molecule has 0 saturated heterocycles. The van der Waals surface area contributed by atoms with E-state index in [4.69, 9.17) is 9.46 Å². The summed E-state index contributed by atoms with van der Waals surface area (Å²) >= 11 is 0. The van der Waals surface area contributed by atoms with Gasteiger partial charge in [-0.3, -0.25) is 0 Å². The molecule has 2 aromatic rings. The van der Waals surface area contributed by atoms with E-state index in [1.54, 1.807) is 6.07 Å². The molecule has 0 fully saturated rings. The Labute approximate surface area is 95.3 Å². The number of aromatic hydroxyl groups is 1. The molecule has 0 atom stereocenters. The molecule has 0 aromatic heterocycles. The summed E-state index contributed by atoms with van der Waals surface area (Å²) in [7, 11) is -0.833. The van der Waals surface area contributed by atoms with Crippen molar-refractivity contribution in [3.8, 4) is 16.9 Å². The molecule has 16 heavy (non-hydrogen) atoms. The molecule has 0 aliphatic carbocycles. The number of benzene rings is 2. The van der Waals surface area contributed by atoms with E-state index in [0.29, 0.717) is 5.75 Å². The minimum atomic E-state index is -0.833. The Morgan fingerprint density at radius 3 is 1.94 bits per heavy atom. The lowest BCUT2D eigenvalue weighted by atomic mass is 10.1. The predicted octanol–water partition coefficient (Wildman–Crippen LogP) is 3.24. The van der Waals surface area contributed by atoms with Crippen LogP contribution in [0.25, 0.3) is 11.1 Å². The van der Waals surface area contributed by atoms with Crippen LogP contribution in [0.1, 0.15) is 0 Å². The Morgan fingerprint density at radius 2 is 1.38 bits per heavy atom. The fourth-order valence-electron chi connectivity index (χ4n) is 1.34. The largest absolute Gasteiger partial charge is 0.507 e. The third kappa shape index (κ3) is 3.46. The summed E-state index contributed by atoms with van der Waals surface area (Å²) < 4.78 is 8.46. The first-order valence-electron chi connectivity index (χ1n) is 4.59. The molecule has 0 radical (unpaired) electrons. The molecule has 4 heteroatoms. The molecule has 2 aromatic carbocycles. The third-order valence-electron chi connectivity index (χ3n) is 1.99. The number of para-hydroxylation sites is 1. The molecule has 0 spiro atoms. The summed E-state index contributed by atoms with van der Waals surface area (Å²) in [4.78, 5) is 6.99. The number of hydrogen-bond acceptors (Lipinski definition) is 2. The van der Waals surface area contributed by atoms with Crippen molar-refractivity contribution in [3.63, 3.8) is 0 Å². The summed E-state index contributed by atoms with van der Waals surface area (Å²) in [5.41, 5.74) is 1.92. The highest BCUT2D eigenvalue weighted by Gasteiger charge is 2.00. The first-order valence-corrected chi connectivity index (χ1v) is 5.36. The number of hydrogen-bond donors (Lipinski definition) is 2. The smallest absolute Gasteiger partial charge is 0.324 e. The zero-order chi connectivity index (χ0) is 11.8. The van der Waals surface area contributed by atoms with Crippen molar-refractivity contribution in [3.05, 3.63) is 54.6 Å². The van der Waals surface area contributed by atoms with Gasteiger partial charge in [-0.25, -0.2) is 4.57 Å². The van der Waals surface area contributed by atoms with Crippen molar-refractivity contribution in [2.75, 3.05) is 0 Å². The van der Waals surface area contributed by atoms with E-state index in [2.05, 4.69) is 0 Å². The maximum absolute atomic E-state index is 9.56. The number of phenolic OH excluding ortho intramolecular Hbond substituents is 1. The van der Waals surface area contributed by atoms with Crippen molar-refractivity contribution in [2.24, 2.45) is 0 Å². The van der Waals surface area contributed by atoms with Crippen molar-refractivity contribution < 1.29 is 14.6 Å². The standard InChI is InChI=1S/C12H10O.HO2P/c13-12-9-5-4-8-11(12)10-6-2-1-3-7-10;1-3-2/h1-9,13H;(H,1,2). The van der Waals surface area contributed by atoms with Gasteiger partial charge in [-0.15, -0.1) is 0 Å². The van der Waals surface area contributed by atoms with E-state index in [9.17, 15) is 5.11 Å². The van der Waals surface area contributed by atoms with Gasteiger partial charge in [0, 0.05) is 5.56 Å². The van der Waals surface area contributed by atoms with Gasteiger partial charge in [0.15, 0.2) is 0 Å². The second-order valence-electron chi connectivity index (χ2n) is 2.96. The van der Waals surface area contributed by atoms with Gasteiger partial charge in [-0.2, -0.15) is 0 Å². The average molecular weight is 234 g/mol. The van der Waals surface area contributed by atoms with Gasteiger partial charge in [-0.1, -0.05) is 48.5 Å². The second kappa shape index (κ2) is 6.72. The SMILES string of the molecule is O=PO.Oc1ccccc1-c1ccccc1. The van der Waals surface area contributed by atoms with Crippen LogP contribution in [0.2, 0.25) is 0 Å². The zero-order valence-corrected chi connectivity index (χ0v) is 9.34. The van der Waals surface area contributed by atoms with Crippen LogP contribution in [0.5, 0.6) is 5.75 Å². The molecule has 0 saturated carbocycles. The van der Waals surface area contributed by atoms with Gasteiger partial charge >= 0.3 is 8.69 Å². The maximum atomic E-state index is 9.56. The molecule has 2 rings (SSSR count). The number of phenols is 1. The van der Waals surface area contributed by atoms with Crippen molar-refractivity contribution in [1.29, 1.82) is 0 Å². The predicted molar refractivity (Wildman–Crippen MR) is 63.4 cm³/mol. The fraction of sp³-hybridized carbons (Fsp3) is 0. The van der Waals surface area contributed by atoms with Crippen LogP contribution in [0.15, 0.2) is 54.6 Å². The maximum Gasteiger partial charge on any atom is 0.324 e. The first-order chi connectivity index (χ1) is 7.79. The Bertz CT molecular complexity index is 443. The van der Waals surface area contributed by atoms with Gasteiger partial charge < -0.3 is 10.00 Å². The van der Waals surface area contributed by atoms with Crippen molar-refractivity contribution in [2.45, 2.75) is 0 Å². The average Bonchev–Trinajstić information content (AvgIpc) is 2.32. The van der Waals surface area contributed by atoms with Gasteiger partial charge in [0.25, 0.3) is 0 Å². The molecule has 0 unspecified atom stereocenters. The van der Waals surface area contributed by atoms with Crippen molar-refractivity contribution in [1.82, 2.24) is 0 Å². The van der Waals surface area contributed by atoms with Crippen LogP contribution >= 0.6 is 8.69 Å². The molecular weight excluding hydrogens is 223 g/mol. The normalized spacial score (nSPS) is 9.31. The minimum absolute atomic E-state index is 0.328. The van der Waals surface area contributed by atoms with Gasteiger partial charge in [0.1, 0.15) is 5.75 Å². The zero-order valence-electron chi connectivity index (χ0n) is 8.45. The summed E-state index contributed by atoms with van der Waals surface area (Å²) in [6.07, 6.45) is 0. The lowest BCUT2D eigenvalue weighted by molar-refractivity contribution is 0.477. The fourth-order valence-corrected chi connectivity index (χ4v) is 1.34. The summed E-state index contributed by atoms with van der Waals surface area (Å²) in [5.74, 6) is 0.328. The topological polar surface area (TPSA) is 57.5 Å². The lowest BCUT2D eigenvalue weighted by Gasteiger charge is -2.02. The van der Waals surface area contributed by atoms with Crippen LogP contribution in [-0.2, 0) is 4.57 Å². The van der Waals surface area contributed by atoms with Crippen LogP contribution in [0.4, 0.5) is 0 Å². The Kier molecular flexibility index (Phi) is 5.20. The van der Waals surface area contributed by atoms with Crippen LogP contribution in [0.3, 0.4) is 0 Å². The highest BCUT2D eigenvalue weighted by atomic mass is 31.1. The molecular formula is C12H11O3P. The molecule has 3 nitrogen and oxygen atoms in total. The quantitative estimate of drug-likeness (QED) is 0.744. The minimum Gasteiger partial charge on any atom is -0.507 e. The van der Waals surface area contributed by atoms with E-state index in [1.807, 2.05) is 48.5 Å². The van der Waals surface area contributed by atoms with E-state index < -0.39 is 8.69 Å². The Morgan fingerprint density at radius 1 is 0.875 bits per heavy atom. The monoisotopic (exact) mass is 234 g/mol. The Hall–Kier alpha value is -1.70. The van der Waals surface area contributed by atoms with E-state index in [1.165, 1.54) is 0 Å². The summed E-state index contributed by atoms with van der Waals surface area (Å²) in [5, 5.41) is 9.56. The Balaban J connectivity index is 0.000000386. The van der Waals surface area contributed by atoms with Crippen LogP contribution < -0.4 is 0 Å². The van der Waals surface area contributed by atoms with Crippen molar-refractivity contribution >= 4 is 8.69 Å². The summed E-state index contributed by atoms with van der Waals surface area (Å²) in [6, 6.07) is 17.2. The summed E-state index contributed by atoms with van der Waals surface area (Å²) in [6.45, 7) is 0. The van der Waals surface area contributed by atoms with Gasteiger partial charge in [0.2, 0.25) is 0 Å². The van der Waals surface area contributed by atoms with E-state index >= 15 is 0 Å². The van der Waals surface area contributed by atoms with Gasteiger partial charge in [-0.05, 0) is 11.6 Å². The molecule has 0 heterocycles. The third-order valence-corrected chi connectivity index (χ3v) is 1.99. The highest BCUT2D eigenvalue weighted by molar-refractivity contribution is 7.16. The van der Waals surface area contributed by atoms with E-state index in [-0.39, 0.29) is 0 Å². The highest BCUT2D eigenvalue weighted by Crippen LogP contribution is 2.27. The molecule has 82 valence electrons. The number of rotatable bonds is 1. The lowest BCUT2D eigenvalue weighted by Crippen LogP contribution is -1.76. The van der Waals surface area contributed by atoms with Crippen LogP contribution in [0, 0.1) is 0 Å².